The van der Waals surface area contributed by atoms with E-state index in [1.807, 2.05) is 18.2 Å². The van der Waals surface area contributed by atoms with Crippen molar-refractivity contribution in [1.82, 2.24) is 4.57 Å². The van der Waals surface area contributed by atoms with E-state index >= 15 is 0 Å². The molecule has 0 amide bonds. The number of aromatic hydroxyl groups is 1. The maximum atomic E-state index is 13.6. The number of esters is 1. The van der Waals surface area contributed by atoms with Crippen LogP contribution in [0.4, 0.5) is 0 Å². The molecule has 1 N–H and O–H groups in total. The SMILES string of the molecule is CCOC(=O)C1=C(C)N=c2s/c(=C/c3ccc(O)c(OC)c3)c(=O)n2[C@@H]1c1ccccc1OC. The van der Waals surface area contributed by atoms with Gasteiger partial charge in [-0.15, -0.1) is 0 Å². The van der Waals surface area contributed by atoms with Crippen LogP contribution in [0, 0.1) is 0 Å². The topological polar surface area (TPSA) is 99.4 Å². The second kappa shape index (κ2) is 9.56. The van der Waals surface area contributed by atoms with E-state index in [1.54, 1.807) is 45.2 Å². The summed E-state index contributed by atoms with van der Waals surface area (Å²) in [5.74, 6) is 0.319. The van der Waals surface area contributed by atoms with Crippen molar-refractivity contribution in [3.05, 3.63) is 84.5 Å². The highest BCUT2D eigenvalue weighted by Crippen LogP contribution is 2.35. The average molecular weight is 481 g/mol. The number of allylic oxidation sites excluding steroid dienone is 1. The highest BCUT2D eigenvalue weighted by atomic mass is 32.1. The fourth-order valence-corrected chi connectivity index (χ4v) is 4.96. The summed E-state index contributed by atoms with van der Waals surface area (Å²) in [5.41, 5.74) is 1.79. The molecule has 8 nitrogen and oxygen atoms in total. The van der Waals surface area contributed by atoms with Gasteiger partial charge < -0.3 is 19.3 Å². The van der Waals surface area contributed by atoms with Gasteiger partial charge in [-0.2, -0.15) is 0 Å². The van der Waals surface area contributed by atoms with Crippen LogP contribution in [0.3, 0.4) is 0 Å². The molecule has 2 heterocycles. The molecule has 1 aliphatic rings. The number of nitrogens with zero attached hydrogens (tertiary/aromatic N) is 2. The third-order valence-electron chi connectivity index (χ3n) is 5.45. The average Bonchev–Trinajstić information content (AvgIpc) is 3.13. The lowest BCUT2D eigenvalue weighted by atomic mass is 9.95. The molecule has 9 heteroatoms. The van der Waals surface area contributed by atoms with Gasteiger partial charge in [0.1, 0.15) is 11.8 Å². The monoisotopic (exact) mass is 480 g/mol. The van der Waals surface area contributed by atoms with Gasteiger partial charge in [0.25, 0.3) is 5.56 Å². The van der Waals surface area contributed by atoms with Crippen LogP contribution < -0.4 is 24.4 Å². The molecule has 34 heavy (non-hydrogen) atoms. The molecule has 3 aromatic rings. The van der Waals surface area contributed by atoms with Crippen LogP contribution in [0.1, 0.15) is 31.0 Å². The number of fused-ring (bicyclic) bond motifs is 1. The van der Waals surface area contributed by atoms with E-state index in [1.165, 1.54) is 29.1 Å². The number of carbonyl (C=O) groups excluding carboxylic acids is 1. The Kier molecular flexibility index (Phi) is 6.56. The molecular weight excluding hydrogens is 456 g/mol. The normalized spacial score (nSPS) is 15.5. The maximum absolute atomic E-state index is 13.6. The Hall–Kier alpha value is -3.85. The van der Waals surface area contributed by atoms with Gasteiger partial charge in [-0.05, 0) is 43.7 Å². The first-order valence-corrected chi connectivity index (χ1v) is 11.4. The highest BCUT2D eigenvalue weighted by molar-refractivity contribution is 7.07. The Labute approximate surface area is 199 Å². The minimum absolute atomic E-state index is 0.00647. The minimum Gasteiger partial charge on any atom is -0.504 e. The number of carbonyl (C=O) groups is 1. The molecule has 2 aromatic carbocycles. The summed E-state index contributed by atoms with van der Waals surface area (Å²) in [7, 11) is 3.00. The molecule has 1 aliphatic heterocycles. The number of para-hydroxylation sites is 1. The summed E-state index contributed by atoms with van der Waals surface area (Å²) in [6.07, 6.45) is 1.70. The highest BCUT2D eigenvalue weighted by Gasteiger charge is 2.34. The Morgan fingerprint density at radius 1 is 1.18 bits per heavy atom. The first kappa shape index (κ1) is 23.3. The second-order valence-corrected chi connectivity index (χ2v) is 8.48. The first-order chi connectivity index (χ1) is 16.4. The zero-order valence-electron chi connectivity index (χ0n) is 19.2. The number of benzene rings is 2. The predicted octanol–water partition coefficient (Wildman–Crippen LogP) is 2.52. The van der Waals surface area contributed by atoms with E-state index in [2.05, 4.69) is 4.99 Å². The fourth-order valence-electron chi connectivity index (χ4n) is 3.91. The number of phenolic OH excluding ortho intramolecular Hbond substituents is 1. The molecule has 176 valence electrons. The lowest BCUT2D eigenvalue weighted by Gasteiger charge is -2.25. The van der Waals surface area contributed by atoms with E-state index in [0.717, 1.165) is 0 Å². The Morgan fingerprint density at radius 3 is 2.62 bits per heavy atom. The van der Waals surface area contributed by atoms with Gasteiger partial charge in [0.15, 0.2) is 16.3 Å². The van der Waals surface area contributed by atoms with E-state index in [0.29, 0.717) is 37.7 Å². The van der Waals surface area contributed by atoms with Crippen LogP contribution in [-0.2, 0) is 9.53 Å². The van der Waals surface area contributed by atoms with Crippen LogP contribution in [-0.4, -0.2) is 36.5 Å². The Bertz CT molecular complexity index is 1470. The molecule has 0 bridgehead atoms. The van der Waals surface area contributed by atoms with Crippen molar-refractivity contribution in [2.75, 3.05) is 20.8 Å². The molecule has 1 aromatic heterocycles. The summed E-state index contributed by atoms with van der Waals surface area (Å²) in [5, 5.41) is 9.87. The summed E-state index contributed by atoms with van der Waals surface area (Å²) >= 11 is 1.21. The fraction of sp³-hybridized carbons (Fsp3) is 0.240. The van der Waals surface area contributed by atoms with Crippen molar-refractivity contribution in [2.24, 2.45) is 4.99 Å². The molecule has 0 aliphatic carbocycles. The van der Waals surface area contributed by atoms with E-state index < -0.39 is 12.0 Å². The maximum Gasteiger partial charge on any atom is 0.338 e. The number of ether oxygens (including phenoxy) is 3. The predicted molar refractivity (Wildman–Crippen MR) is 128 cm³/mol. The van der Waals surface area contributed by atoms with Gasteiger partial charge in [-0.25, -0.2) is 9.79 Å². The van der Waals surface area contributed by atoms with Gasteiger partial charge in [0.05, 0.1) is 36.6 Å². The van der Waals surface area contributed by atoms with Crippen molar-refractivity contribution < 1.29 is 24.1 Å². The number of phenols is 1. The lowest BCUT2D eigenvalue weighted by Crippen LogP contribution is -2.40. The number of hydrogen-bond donors (Lipinski definition) is 1. The molecule has 4 rings (SSSR count). The molecule has 1 atom stereocenters. The smallest absolute Gasteiger partial charge is 0.338 e. The number of rotatable bonds is 6. The van der Waals surface area contributed by atoms with Crippen molar-refractivity contribution in [2.45, 2.75) is 19.9 Å². The molecular formula is C25H24N2O6S. The van der Waals surface area contributed by atoms with Crippen molar-refractivity contribution in [1.29, 1.82) is 0 Å². The first-order valence-electron chi connectivity index (χ1n) is 10.6. The van der Waals surface area contributed by atoms with Crippen LogP contribution in [0.25, 0.3) is 6.08 Å². The molecule has 0 saturated carbocycles. The van der Waals surface area contributed by atoms with Gasteiger partial charge in [-0.1, -0.05) is 35.6 Å². The van der Waals surface area contributed by atoms with Crippen LogP contribution in [0.15, 0.2) is 63.5 Å². The lowest BCUT2D eigenvalue weighted by molar-refractivity contribution is -0.139. The zero-order chi connectivity index (χ0) is 24.4. The van der Waals surface area contributed by atoms with Crippen LogP contribution in [0.2, 0.25) is 0 Å². The second-order valence-electron chi connectivity index (χ2n) is 7.48. The van der Waals surface area contributed by atoms with Gasteiger partial charge in [-0.3, -0.25) is 9.36 Å². The van der Waals surface area contributed by atoms with E-state index in [-0.39, 0.29) is 23.5 Å². The zero-order valence-corrected chi connectivity index (χ0v) is 20.0. The molecule has 0 spiro atoms. The van der Waals surface area contributed by atoms with Crippen molar-refractivity contribution >= 4 is 23.4 Å². The third-order valence-corrected chi connectivity index (χ3v) is 6.44. The van der Waals surface area contributed by atoms with Gasteiger partial charge >= 0.3 is 5.97 Å². The number of aromatic nitrogens is 1. The Balaban J connectivity index is 1.97. The summed E-state index contributed by atoms with van der Waals surface area (Å²) in [4.78, 5) is 31.6. The number of thiazole rings is 1. The van der Waals surface area contributed by atoms with E-state index in [9.17, 15) is 14.7 Å². The van der Waals surface area contributed by atoms with E-state index in [4.69, 9.17) is 14.2 Å². The molecule has 0 fully saturated rings. The van der Waals surface area contributed by atoms with Crippen LogP contribution >= 0.6 is 11.3 Å². The Morgan fingerprint density at radius 2 is 1.91 bits per heavy atom. The quantitative estimate of drug-likeness (QED) is 0.545. The largest absolute Gasteiger partial charge is 0.504 e. The van der Waals surface area contributed by atoms with Gasteiger partial charge in [0.2, 0.25) is 0 Å². The standard InChI is InChI=1S/C25H24N2O6S/c1-5-33-24(30)21-14(2)26-25-27(22(21)16-8-6-7-9-18(16)31-3)23(29)20(34-25)13-15-10-11-17(28)19(12-15)32-4/h6-13,22,28H,5H2,1-4H3/b20-13+/t22-/m1/s1. The summed E-state index contributed by atoms with van der Waals surface area (Å²) < 4.78 is 18.0. The number of hydrogen-bond acceptors (Lipinski definition) is 8. The third kappa shape index (κ3) is 4.10. The molecule has 0 unspecified atom stereocenters. The van der Waals surface area contributed by atoms with Crippen molar-refractivity contribution in [3.63, 3.8) is 0 Å². The summed E-state index contributed by atoms with van der Waals surface area (Å²) in [6, 6.07) is 11.3. The van der Waals surface area contributed by atoms with Crippen LogP contribution in [0.5, 0.6) is 17.2 Å². The number of methoxy groups -OCH3 is 2. The molecule has 0 radical (unpaired) electrons. The molecule has 0 saturated heterocycles. The summed E-state index contributed by atoms with van der Waals surface area (Å²) in [6.45, 7) is 3.66. The van der Waals surface area contributed by atoms with Crippen molar-refractivity contribution in [3.8, 4) is 17.2 Å². The van der Waals surface area contributed by atoms with Gasteiger partial charge in [0, 0.05) is 5.56 Å². The minimum atomic E-state index is -0.761.